The van der Waals surface area contributed by atoms with Crippen LogP contribution < -0.4 is 9.47 Å². The number of rotatable bonds is 8. The first-order chi connectivity index (χ1) is 18.0. The predicted molar refractivity (Wildman–Crippen MR) is 144 cm³/mol. The van der Waals surface area contributed by atoms with Gasteiger partial charge in [-0.1, -0.05) is 29.8 Å². The van der Waals surface area contributed by atoms with Crippen LogP contribution >= 0.6 is 11.8 Å². The number of hydrogen-bond acceptors (Lipinski definition) is 7. The van der Waals surface area contributed by atoms with E-state index in [0.29, 0.717) is 29.2 Å². The van der Waals surface area contributed by atoms with Crippen molar-refractivity contribution >= 4 is 45.7 Å². The fraction of sp³-hybridized carbons (Fsp3) is 0.296. The summed E-state index contributed by atoms with van der Waals surface area (Å²) in [4.78, 5) is 31.1. The number of likely N-dealkylation sites (tertiary alicyclic amines) is 1. The number of aliphatic imine (C=N–C) groups is 1. The summed E-state index contributed by atoms with van der Waals surface area (Å²) in [5.74, 6) is 0.932. The average molecular weight is 518 g/mol. The molecule has 0 saturated carbocycles. The highest BCUT2D eigenvalue weighted by Gasteiger charge is 2.36. The summed E-state index contributed by atoms with van der Waals surface area (Å²) in [6, 6.07) is 15.1. The Bertz CT molecular complexity index is 1300. The Hall–Kier alpha value is -3.92. The third-order valence-corrected chi connectivity index (χ3v) is 7.00. The summed E-state index contributed by atoms with van der Waals surface area (Å²) in [6.07, 6.45) is 3.81. The van der Waals surface area contributed by atoms with Gasteiger partial charge in [-0.25, -0.2) is 0 Å². The van der Waals surface area contributed by atoms with Gasteiger partial charge >= 0.3 is 0 Å². The second-order valence-electron chi connectivity index (χ2n) is 8.86. The zero-order valence-corrected chi connectivity index (χ0v) is 21.3. The molecule has 2 aromatic rings. The molecule has 0 aliphatic carbocycles. The molecule has 1 fully saturated rings. The number of benzene rings is 2. The molecule has 9 nitrogen and oxygen atoms in total. The minimum atomic E-state index is -0.500. The molecular weight excluding hydrogens is 490 g/mol. The maximum absolute atomic E-state index is 12.7. The number of hydrazone groups is 1. The highest BCUT2D eigenvalue weighted by molar-refractivity contribution is 8.27. The molecule has 10 heteroatoms. The Labute approximate surface area is 219 Å². The van der Waals surface area contributed by atoms with Crippen LogP contribution in [0.2, 0.25) is 0 Å². The van der Waals surface area contributed by atoms with Crippen molar-refractivity contribution in [2.75, 3.05) is 26.3 Å². The fourth-order valence-electron chi connectivity index (χ4n) is 4.09. The van der Waals surface area contributed by atoms with Crippen LogP contribution in [0.4, 0.5) is 0 Å². The van der Waals surface area contributed by atoms with Crippen molar-refractivity contribution in [2.45, 2.75) is 26.2 Å². The van der Waals surface area contributed by atoms with Crippen molar-refractivity contribution in [1.82, 2.24) is 9.91 Å². The van der Waals surface area contributed by atoms with Crippen LogP contribution in [0, 0.1) is 12.3 Å². The predicted octanol–water partition coefficient (Wildman–Crippen LogP) is 4.08. The maximum atomic E-state index is 12.7. The summed E-state index contributed by atoms with van der Waals surface area (Å²) >= 11 is 1.17. The Balaban J connectivity index is 1.17. The second-order valence-corrected chi connectivity index (χ2v) is 9.90. The van der Waals surface area contributed by atoms with Crippen molar-refractivity contribution < 1.29 is 19.1 Å². The summed E-state index contributed by atoms with van der Waals surface area (Å²) in [6.45, 7) is 4.38. The van der Waals surface area contributed by atoms with E-state index in [1.165, 1.54) is 22.3 Å². The largest absolute Gasteiger partial charge is 0.490 e. The number of carbonyl (C=O) groups excluding carboxylic acids is 2. The molecule has 0 bridgehead atoms. The zero-order chi connectivity index (χ0) is 25.8. The number of fused-ring (bicyclic) bond motifs is 1. The number of amidine groups is 2. The molecule has 2 aromatic carbocycles. The monoisotopic (exact) mass is 517 g/mol. The molecule has 37 heavy (non-hydrogen) atoms. The summed E-state index contributed by atoms with van der Waals surface area (Å²) in [7, 11) is 0. The highest BCUT2D eigenvalue weighted by Crippen LogP contribution is 2.30. The van der Waals surface area contributed by atoms with Crippen LogP contribution in [-0.2, 0) is 9.59 Å². The van der Waals surface area contributed by atoms with E-state index in [1.54, 1.807) is 18.2 Å². The van der Waals surface area contributed by atoms with Crippen molar-refractivity contribution in [1.29, 1.82) is 5.41 Å². The second kappa shape index (κ2) is 11.0. The fourth-order valence-corrected chi connectivity index (χ4v) is 4.97. The van der Waals surface area contributed by atoms with Gasteiger partial charge in [0.15, 0.2) is 5.84 Å². The van der Waals surface area contributed by atoms with Crippen LogP contribution in [0.25, 0.3) is 6.08 Å². The molecule has 0 atom stereocenters. The Morgan fingerprint density at radius 3 is 2.30 bits per heavy atom. The first kappa shape index (κ1) is 24.8. The lowest BCUT2D eigenvalue weighted by Crippen LogP contribution is -2.35. The van der Waals surface area contributed by atoms with Gasteiger partial charge in [-0.2, -0.15) is 15.1 Å². The van der Waals surface area contributed by atoms with Gasteiger partial charge in [0.1, 0.15) is 29.8 Å². The molecule has 1 saturated heterocycles. The maximum Gasteiger partial charge on any atom is 0.283 e. The minimum absolute atomic E-state index is 0.0156. The number of thioether (sulfide) groups is 1. The summed E-state index contributed by atoms with van der Waals surface area (Å²) < 4.78 is 11.4. The zero-order valence-electron chi connectivity index (χ0n) is 20.5. The molecule has 3 aliphatic heterocycles. The molecule has 0 radical (unpaired) electrons. The molecule has 0 spiro atoms. The first-order valence-electron chi connectivity index (χ1n) is 12.2. The standard InChI is InChI=1S/C27H27N5O4S/c1-18-4-8-20(9-5-18)35-14-15-36-21-10-6-19(7-11-21)16-22-25(28)32-27(29-26(22)34)37-23(30-32)17-24(33)31-12-2-3-13-31/h4-11,16,28H,2-3,12-15,17H2,1H3/b22-16-,28-25?. The average Bonchev–Trinajstić information content (AvgIpc) is 3.57. The quantitative estimate of drug-likeness (QED) is 0.418. The van der Waals surface area contributed by atoms with Gasteiger partial charge in [0.2, 0.25) is 11.1 Å². The highest BCUT2D eigenvalue weighted by atomic mass is 32.2. The molecule has 3 heterocycles. The van der Waals surface area contributed by atoms with E-state index in [9.17, 15) is 9.59 Å². The number of hydrogen-bond donors (Lipinski definition) is 1. The van der Waals surface area contributed by atoms with Crippen molar-refractivity contribution in [3.63, 3.8) is 0 Å². The lowest BCUT2D eigenvalue weighted by Gasteiger charge is -2.20. The summed E-state index contributed by atoms with van der Waals surface area (Å²) in [5.41, 5.74) is 2.05. The lowest BCUT2D eigenvalue weighted by atomic mass is 10.1. The van der Waals surface area contributed by atoms with Crippen LogP contribution in [0.5, 0.6) is 11.5 Å². The third kappa shape index (κ3) is 5.91. The van der Waals surface area contributed by atoms with E-state index < -0.39 is 5.91 Å². The molecular formula is C27H27N5O4S. The molecule has 0 aromatic heterocycles. The molecule has 5 rings (SSSR count). The Kier molecular flexibility index (Phi) is 7.36. The van der Waals surface area contributed by atoms with Gasteiger partial charge in [-0.05, 0) is 67.4 Å². The minimum Gasteiger partial charge on any atom is -0.490 e. The lowest BCUT2D eigenvalue weighted by molar-refractivity contribution is -0.128. The molecule has 0 unspecified atom stereocenters. The van der Waals surface area contributed by atoms with Gasteiger partial charge in [-0.15, -0.1) is 0 Å². The molecule has 2 amide bonds. The SMILES string of the molecule is Cc1ccc(OCCOc2ccc(/C=C3/C(=N)N4N=C(CC(=O)N5CCCC5)SC4=NC3=O)cc2)cc1. The van der Waals surface area contributed by atoms with E-state index in [4.69, 9.17) is 14.9 Å². The number of amides is 2. The van der Waals surface area contributed by atoms with E-state index in [0.717, 1.165) is 37.2 Å². The summed E-state index contributed by atoms with van der Waals surface area (Å²) in [5, 5.41) is 15.1. The molecule has 3 aliphatic rings. The molecule has 190 valence electrons. The number of nitrogens with one attached hydrogen (secondary N) is 1. The van der Waals surface area contributed by atoms with E-state index in [2.05, 4.69) is 10.1 Å². The van der Waals surface area contributed by atoms with E-state index in [-0.39, 0.29) is 23.7 Å². The number of ether oxygens (including phenoxy) is 2. The van der Waals surface area contributed by atoms with Crippen LogP contribution in [0.15, 0.2) is 64.2 Å². The van der Waals surface area contributed by atoms with Gasteiger partial charge < -0.3 is 14.4 Å². The van der Waals surface area contributed by atoms with Crippen molar-refractivity contribution in [3.8, 4) is 11.5 Å². The van der Waals surface area contributed by atoms with Gasteiger partial charge in [-0.3, -0.25) is 15.0 Å². The van der Waals surface area contributed by atoms with Gasteiger partial charge in [0.25, 0.3) is 5.91 Å². The van der Waals surface area contributed by atoms with Crippen LogP contribution in [0.3, 0.4) is 0 Å². The smallest absolute Gasteiger partial charge is 0.283 e. The van der Waals surface area contributed by atoms with E-state index in [1.807, 2.05) is 48.2 Å². The van der Waals surface area contributed by atoms with Crippen molar-refractivity contribution in [2.24, 2.45) is 10.1 Å². The normalized spacial score (nSPS) is 18.1. The topological polar surface area (TPSA) is 108 Å². The van der Waals surface area contributed by atoms with Gasteiger partial charge in [0, 0.05) is 13.1 Å². The van der Waals surface area contributed by atoms with Gasteiger partial charge in [0.05, 0.1) is 12.0 Å². The molecule has 1 N–H and O–H groups in total. The number of aryl methyl sites for hydroxylation is 1. The number of nitrogens with zero attached hydrogens (tertiary/aromatic N) is 4. The first-order valence-corrected chi connectivity index (χ1v) is 13.0. The third-order valence-electron chi connectivity index (χ3n) is 6.09. The Morgan fingerprint density at radius 1 is 1.03 bits per heavy atom. The van der Waals surface area contributed by atoms with Crippen molar-refractivity contribution in [3.05, 3.63) is 65.2 Å². The van der Waals surface area contributed by atoms with E-state index >= 15 is 0 Å². The van der Waals surface area contributed by atoms with Crippen LogP contribution in [-0.4, -0.2) is 64.1 Å². The number of carbonyl (C=O) groups is 2. The Morgan fingerprint density at radius 2 is 1.65 bits per heavy atom. The van der Waals surface area contributed by atoms with Crippen LogP contribution in [0.1, 0.15) is 30.4 Å².